The van der Waals surface area contributed by atoms with Crippen molar-refractivity contribution in [3.63, 3.8) is 0 Å². The van der Waals surface area contributed by atoms with Crippen LogP contribution in [-0.4, -0.2) is 5.75 Å². The van der Waals surface area contributed by atoms with Gasteiger partial charge in [0.05, 0.1) is 0 Å². The van der Waals surface area contributed by atoms with Gasteiger partial charge in [-0.05, 0) is 29.9 Å². The first-order valence-corrected chi connectivity index (χ1v) is 4.99. The molecule has 0 bridgehead atoms. The highest BCUT2D eigenvalue weighted by Gasteiger charge is 2.23. The van der Waals surface area contributed by atoms with Gasteiger partial charge < -0.3 is 0 Å². The van der Waals surface area contributed by atoms with Crippen LogP contribution in [0.5, 0.6) is 0 Å². The molecule has 1 heterocycles. The van der Waals surface area contributed by atoms with E-state index in [4.69, 9.17) is 0 Å². The molecule has 1 aliphatic heterocycles. The first kappa shape index (κ1) is 8.94. The second kappa shape index (κ2) is 3.25. The summed E-state index contributed by atoms with van der Waals surface area (Å²) < 4.78 is 38.0. The molecule has 1 aliphatic rings. The van der Waals surface area contributed by atoms with Crippen LogP contribution in [-0.2, 0) is 0 Å². The Morgan fingerprint density at radius 2 is 1.69 bits per heavy atom. The van der Waals surface area contributed by atoms with Gasteiger partial charge in [-0.2, -0.15) is 11.8 Å². The quantitative estimate of drug-likeness (QED) is 0.632. The highest BCUT2D eigenvalue weighted by atomic mass is 32.2. The lowest BCUT2D eigenvalue weighted by molar-refractivity contribution is 0.444. The minimum Gasteiger partial charge on any atom is -0.204 e. The van der Waals surface area contributed by atoms with Gasteiger partial charge in [0.25, 0.3) is 0 Å². The summed E-state index contributed by atoms with van der Waals surface area (Å²) in [5.74, 6) is -2.57. The Labute approximate surface area is 78.1 Å². The second-order valence-electron chi connectivity index (χ2n) is 2.95. The molecule has 4 heteroatoms. The summed E-state index contributed by atoms with van der Waals surface area (Å²) >= 11 is 1.63. The van der Waals surface area contributed by atoms with Gasteiger partial charge in [-0.3, -0.25) is 0 Å². The molecule has 1 aromatic rings. The highest BCUT2D eigenvalue weighted by Crippen LogP contribution is 2.42. The number of hydrogen-bond acceptors (Lipinski definition) is 1. The largest absolute Gasteiger partial charge is 0.204 e. The maximum Gasteiger partial charge on any atom is 0.194 e. The predicted octanol–water partition coefficient (Wildman–Crippen LogP) is 3.28. The van der Waals surface area contributed by atoms with Gasteiger partial charge in [-0.1, -0.05) is 0 Å². The molecule has 0 radical (unpaired) electrons. The van der Waals surface area contributed by atoms with Crippen molar-refractivity contribution in [2.24, 2.45) is 0 Å². The zero-order chi connectivity index (χ0) is 9.42. The SMILES string of the molecule is Fc1cc(C2CCS2)cc(F)c1F. The molecular formula is C9H7F3S. The average Bonchev–Trinajstić information content (AvgIpc) is 1.96. The molecule has 0 amide bonds. The lowest BCUT2D eigenvalue weighted by Crippen LogP contribution is -2.08. The van der Waals surface area contributed by atoms with Crippen molar-refractivity contribution in [1.29, 1.82) is 0 Å². The van der Waals surface area contributed by atoms with Gasteiger partial charge in [0, 0.05) is 5.25 Å². The normalized spacial score (nSPS) is 21.3. The van der Waals surface area contributed by atoms with Crippen LogP contribution in [0.3, 0.4) is 0 Å². The molecule has 1 atom stereocenters. The van der Waals surface area contributed by atoms with Crippen molar-refractivity contribution in [1.82, 2.24) is 0 Å². The molecule has 0 aliphatic carbocycles. The Bertz CT molecular complexity index is 311. The number of thioether (sulfide) groups is 1. The Kier molecular flexibility index (Phi) is 2.24. The fourth-order valence-electron chi connectivity index (χ4n) is 1.26. The third kappa shape index (κ3) is 1.55. The molecule has 0 N–H and O–H groups in total. The van der Waals surface area contributed by atoms with Crippen LogP contribution < -0.4 is 0 Å². The maximum atomic E-state index is 12.7. The monoisotopic (exact) mass is 204 g/mol. The van der Waals surface area contributed by atoms with E-state index in [1.165, 1.54) is 0 Å². The molecule has 70 valence electrons. The number of rotatable bonds is 1. The van der Waals surface area contributed by atoms with Crippen molar-refractivity contribution >= 4 is 11.8 Å². The van der Waals surface area contributed by atoms with E-state index in [-0.39, 0.29) is 5.25 Å². The van der Waals surface area contributed by atoms with Gasteiger partial charge in [0.2, 0.25) is 0 Å². The second-order valence-corrected chi connectivity index (χ2v) is 4.26. The van der Waals surface area contributed by atoms with Crippen LogP contribution in [0.4, 0.5) is 13.2 Å². The van der Waals surface area contributed by atoms with E-state index < -0.39 is 17.5 Å². The van der Waals surface area contributed by atoms with E-state index in [2.05, 4.69) is 0 Å². The van der Waals surface area contributed by atoms with E-state index in [0.717, 1.165) is 24.3 Å². The Hall–Kier alpha value is -0.640. The third-order valence-electron chi connectivity index (χ3n) is 2.08. The van der Waals surface area contributed by atoms with Crippen molar-refractivity contribution in [3.05, 3.63) is 35.1 Å². The summed E-state index contributed by atoms with van der Waals surface area (Å²) in [5.41, 5.74) is 0.549. The molecule has 0 spiro atoms. The zero-order valence-electron chi connectivity index (χ0n) is 6.69. The van der Waals surface area contributed by atoms with Crippen LogP contribution in [0.15, 0.2) is 12.1 Å². The van der Waals surface area contributed by atoms with E-state index in [1.807, 2.05) is 0 Å². The van der Waals surface area contributed by atoms with E-state index in [0.29, 0.717) is 5.56 Å². The molecule has 1 fully saturated rings. The topological polar surface area (TPSA) is 0 Å². The molecule has 1 aromatic carbocycles. The van der Waals surface area contributed by atoms with Crippen LogP contribution in [0.2, 0.25) is 0 Å². The lowest BCUT2D eigenvalue weighted by atomic mass is 10.1. The molecule has 1 unspecified atom stereocenters. The van der Waals surface area contributed by atoms with Gasteiger partial charge in [0.15, 0.2) is 17.5 Å². The summed E-state index contributed by atoms with van der Waals surface area (Å²) in [7, 11) is 0. The number of hydrogen-bond donors (Lipinski definition) is 0. The summed E-state index contributed by atoms with van der Waals surface area (Å²) in [6.45, 7) is 0. The minimum atomic E-state index is -1.38. The van der Waals surface area contributed by atoms with Crippen LogP contribution >= 0.6 is 11.8 Å². The third-order valence-corrected chi connectivity index (χ3v) is 3.46. The van der Waals surface area contributed by atoms with Crippen molar-refractivity contribution < 1.29 is 13.2 Å². The summed E-state index contributed by atoms with van der Waals surface area (Å²) in [5, 5.41) is 0.143. The molecule has 0 nitrogen and oxygen atoms in total. The Balaban J connectivity index is 2.37. The van der Waals surface area contributed by atoms with E-state index in [1.54, 1.807) is 11.8 Å². The number of halogens is 3. The van der Waals surface area contributed by atoms with Crippen LogP contribution in [0.25, 0.3) is 0 Å². The Morgan fingerprint density at radius 3 is 2.08 bits per heavy atom. The average molecular weight is 204 g/mol. The molecule has 13 heavy (non-hydrogen) atoms. The Morgan fingerprint density at radius 1 is 1.15 bits per heavy atom. The van der Waals surface area contributed by atoms with Gasteiger partial charge >= 0.3 is 0 Å². The molecule has 1 saturated heterocycles. The van der Waals surface area contributed by atoms with E-state index >= 15 is 0 Å². The first-order valence-electron chi connectivity index (χ1n) is 3.94. The standard InChI is InChI=1S/C9H7F3S/c10-6-3-5(8-1-2-13-8)4-7(11)9(6)12/h3-4,8H,1-2H2. The summed E-state index contributed by atoms with van der Waals surface area (Å²) in [6.07, 6.45) is 0.912. The molecule has 0 saturated carbocycles. The predicted molar refractivity (Wildman–Crippen MR) is 46.1 cm³/mol. The fraction of sp³-hybridized carbons (Fsp3) is 0.333. The van der Waals surface area contributed by atoms with Crippen molar-refractivity contribution in [3.8, 4) is 0 Å². The molecule has 0 aromatic heterocycles. The fourth-order valence-corrected chi connectivity index (χ4v) is 2.06. The van der Waals surface area contributed by atoms with Crippen LogP contribution in [0.1, 0.15) is 17.2 Å². The molecular weight excluding hydrogens is 197 g/mol. The van der Waals surface area contributed by atoms with E-state index in [9.17, 15) is 13.2 Å². The van der Waals surface area contributed by atoms with Gasteiger partial charge in [0.1, 0.15) is 0 Å². The van der Waals surface area contributed by atoms with Gasteiger partial charge in [-0.15, -0.1) is 0 Å². The minimum absolute atomic E-state index is 0.143. The summed E-state index contributed by atoms with van der Waals surface area (Å²) in [6, 6.07) is 2.16. The lowest BCUT2D eigenvalue weighted by Gasteiger charge is -2.25. The highest BCUT2D eigenvalue weighted by molar-refractivity contribution is 8.00. The smallest absolute Gasteiger partial charge is 0.194 e. The van der Waals surface area contributed by atoms with Crippen molar-refractivity contribution in [2.75, 3.05) is 5.75 Å². The number of benzene rings is 1. The first-order chi connectivity index (χ1) is 6.18. The zero-order valence-corrected chi connectivity index (χ0v) is 7.50. The maximum absolute atomic E-state index is 12.7. The summed E-state index contributed by atoms with van der Waals surface area (Å²) in [4.78, 5) is 0. The van der Waals surface area contributed by atoms with Crippen molar-refractivity contribution in [2.45, 2.75) is 11.7 Å². The molecule has 2 rings (SSSR count). The van der Waals surface area contributed by atoms with Gasteiger partial charge in [-0.25, -0.2) is 13.2 Å². The van der Waals surface area contributed by atoms with Crippen LogP contribution in [0, 0.1) is 17.5 Å².